The van der Waals surface area contributed by atoms with Gasteiger partial charge in [-0.3, -0.25) is 19.7 Å². The van der Waals surface area contributed by atoms with E-state index in [1.165, 1.54) is 34.9 Å². The predicted octanol–water partition coefficient (Wildman–Crippen LogP) is 3.91. The van der Waals surface area contributed by atoms with Crippen LogP contribution in [0.3, 0.4) is 0 Å². The van der Waals surface area contributed by atoms with Gasteiger partial charge in [0, 0.05) is 36.0 Å². The number of benzene rings is 2. The average molecular weight is 448 g/mol. The second kappa shape index (κ2) is 11.5. The molecule has 166 valence electrons. The summed E-state index contributed by atoms with van der Waals surface area (Å²) in [6.07, 6.45) is 0. The molecule has 0 spiro atoms. The second-order valence-corrected chi connectivity index (χ2v) is 8.35. The zero-order chi connectivity index (χ0) is 23.0. The van der Waals surface area contributed by atoms with Crippen LogP contribution in [-0.4, -0.2) is 39.5 Å². The first kappa shape index (κ1) is 24.3. The molecule has 0 saturated carbocycles. The molecule has 0 aliphatic heterocycles. The fraction of sp³-hybridized carbons (Fsp3) is 0.364. The van der Waals surface area contributed by atoms with E-state index < -0.39 is 16.8 Å². The summed E-state index contributed by atoms with van der Waals surface area (Å²) in [5, 5.41) is 13.5. The van der Waals surface area contributed by atoms with Crippen molar-refractivity contribution in [2.75, 3.05) is 5.75 Å². The summed E-state index contributed by atoms with van der Waals surface area (Å²) in [7, 11) is 0. The first-order valence-corrected chi connectivity index (χ1v) is 11.0. The van der Waals surface area contributed by atoms with Crippen LogP contribution in [0.15, 0.2) is 48.5 Å². The highest BCUT2D eigenvalue weighted by molar-refractivity contribution is 7.99. The van der Waals surface area contributed by atoms with Gasteiger partial charge < -0.3 is 10.2 Å². The highest BCUT2D eigenvalue weighted by Gasteiger charge is 2.27. The van der Waals surface area contributed by atoms with Crippen LogP contribution in [0.4, 0.5) is 10.1 Å². The van der Waals surface area contributed by atoms with Crippen molar-refractivity contribution in [2.24, 2.45) is 0 Å². The van der Waals surface area contributed by atoms with Gasteiger partial charge in [0.2, 0.25) is 11.8 Å². The van der Waals surface area contributed by atoms with E-state index in [-0.39, 0.29) is 35.8 Å². The molecule has 2 aromatic carbocycles. The van der Waals surface area contributed by atoms with Crippen LogP contribution in [0.1, 0.15) is 31.9 Å². The average Bonchev–Trinajstić information content (AvgIpc) is 2.72. The molecule has 0 unspecified atom stereocenters. The molecule has 2 aromatic rings. The maximum Gasteiger partial charge on any atom is 0.269 e. The van der Waals surface area contributed by atoms with E-state index in [4.69, 9.17) is 0 Å². The van der Waals surface area contributed by atoms with Gasteiger partial charge in [-0.2, -0.15) is 0 Å². The molecule has 2 amide bonds. The highest BCUT2D eigenvalue weighted by Crippen LogP contribution is 2.19. The number of carbonyl (C=O) groups is 2. The Labute approximate surface area is 185 Å². The number of nitrogens with one attached hydrogen (secondary N) is 1. The third-order valence-electron chi connectivity index (χ3n) is 4.54. The number of hydrogen-bond donors (Lipinski definition) is 1. The Kier molecular flexibility index (Phi) is 8.99. The third kappa shape index (κ3) is 7.36. The second-order valence-electron chi connectivity index (χ2n) is 7.37. The van der Waals surface area contributed by atoms with Gasteiger partial charge in [-0.05, 0) is 32.4 Å². The SMILES string of the molecule is CC(C)NC(=O)[C@H](C)N(Cc1ccccc1F)C(=O)CSCc1ccc([N+](=O)[O-])cc1. The van der Waals surface area contributed by atoms with Crippen molar-refractivity contribution in [3.63, 3.8) is 0 Å². The van der Waals surface area contributed by atoms with Crippen molar-refractivity contribution < 1.29 is 18.9 Å². The monoisotopic (exact) mass is 447 g/mol. The maximum absolute atomic E-state index is 14.2. The van der Waals surface area contributed by atoms with Crippen LogP contribution in [-0.2, 0) is 21.9 Å². The molecule has 0 heterocycles. The normalized spacial score (nSPS) is 11.8. The lowest BCUT2D eigenvalue weighted by Gasteiger charge is -2.29. The van der Waals surface area contributed by atoms with Crippen molar-refractivity contribution >= 4 is 29.3 Å². The molecule has 0 radical (unpaired) electrons. The molecular weight excluding hydrogens is 421 g/mol. The van der Waals surface area contributed by atoms with Crippen LogP contribution in [0.2, 0.25) is 0 Å². The minimum absolute atomic E-state index is 0.00544. The Bertz CT molecular complexity index is 921. The first-order chi connectivity index (χ1) is 14.7. The molecule has 0 aromatic heterocycles. The van der Waals surface area contributed by atoms with Crippen molar-refractivity contribution in [3.8, 4) is 0 Å². The van der Waals surface area contributed by atoms with Gasteiger partial charge in [0.1, 0.15) is 11.9 Å². The molecule has 0 bridgehead atoms. The van der Waals surface area contributed by atoms with Crippen LogP contribution in [0.25, 0.3) is 0 Å². The standard InChI is InChI=1S/C22H26FN3O4S/c1-15(2)24-22(28)16(3)25(12-18-6-4-5-7-20(18)23)21(27)14-31-13-17-8-10-19(11-9-17)26(29)30/h4-11,15-16H,12-14H2,1-3H3,(H,24,28)/t16-/m0/s1. The Morgan fingerprint density at radius 1 is 1.13 bits per heavy atom. The fourth-order valence-corrected chi connectivity index (χ4v) is 3.72. The lowest BCUT2D eigenvalue weighted by Crippen LogP contribution is -2.49. The summed E-state index contributed by atoms with van der Waals surface area (Å²) in [4.78, 5) is 37.1. The van der Waals surface area contributed by atoms with Gasteiger partial charge in [0.05, 0.1) is 10.7 Å². The van der Waals surface area contributed by atoms with Crippen molar-refractivity contribution in [2.45, 2.75) is 45.2 Å². The van der Waals surface area contributed by atoms with Gasteiger partial charge in [0.15, 0.2) is 0 Å². The first-order valence-electron chi connectivity index (χ1n) is 9.83. The van der Waals surface area contributed by atoms with E-state index in [1.807, 2.05) is 13.8 Å². The maximum atomic E-state index is 14.2. The summed E-state index contributed by atoms with van der Waals surface area (Å²) in [6, 6.07) is 11.4. The number of nitrogens with zero attached hydrogens (tertiary/aromatic N) is 2. The van der Waals surface area contributed by atoms with E-state index in [2.05, 4.69) is 5.32 Å². The van der Waals surface area contributed by atoms with Gasteiger partial charge in [-0.1, -0.05) is 30.3 Å². The number of rotatable bonds is 10. The Balaban J connectivity index is 2.06. The summed E-state index contributed by atoms with van der Waals surface area (Å²) >= 11 is 1.33. The fourth-order valence-electron chi connectivity index (χ4n) is 2.85. The van der Waals surface area contributed by atoms with Gasteiger partial charge in [-0.15, -0.1) is 11.8 Å². The zero-order valence-electron chi connectivity index (χ0n) is 17.7. The van der Waals surface area contributed by atoms with Crippen LogP contribution >= 0.6 is 11.8 Å². The van der Waals surface area contributed by atoms with Gasteiger partial charge in [-0.25, -0.2) is 4.39 Å². The number of nitro benzene ring substituents is 1. The summed E-state index contributed by atoms with van der Waals surface area (Å²) < 4.78 is 14.2. The summed E-state index contributed by atoms with van der Waals surface area (Å²) in [5.74, 6) is -0.467. The minimum atomic E-state index is -0.769. The number of carbonyl (C=O) groups excluding carboxylic acids is 2. The summed E-state index contributed by atoms with van der Waals surface area (Å²) in [6.45, 7) is 5.26. The van der Waals surface area contributed by atoms with E-state index in [9.17, 15) is 24.1 Å². The molecule has 7 nitrogen and oxygen atoms in total. The molecule has 2 rings (SSSR count). The number of nitro groups is 1. The summed E-state index contributed by atoms with van der Waals surface area (Å²) in [5.41, 5.74) is 1.18. The Morgan fingerprint density at radius 2 is 1.77 bits per heavy atom. The largest absolute Gasteiger partial charge is 0.352 e. The number of halogens is 1. The minimum Gasteiger partial charge on any atom is -0.352 e. The lowest BCUT2D eigenvalue weighted by atomic mass is 10.1. The van der Waals surface area contributed by atoms with Gasteiger partial charge in [0.25, 0.3) is 5.69 Å². The molecule has 0 aliphatic rings. The molecule has 1 N–H and O–H groups in total. The molecule has 0 saturated heterocycles. The van der Waals surface area contributed by atoms with E-state index >= 15 is 0 Å². The quantitative estimate of drug-likeness (QED) is 0.440. The lowest BCUT2D eigenvalue weighted by molar-refractivity contribution is -0.384. The van der Waals surface area contributed by atoms with Crippen LogP contribution in [0, 0.1) is 15.9 Å². The van der Waals surface area contributed by atoms with E-state index in [1.54, 1.807) is 37.3 Å². The number of thioether (sulfide) groups is 1. The van der Waals surface area contributed by atoms with Crippen LogP contribution in [0.5, 0.6) is 0 Å². The van der Waals surface area contributed by atoms with Crippen molar-refractivity contribution in [1.82, 2.24) is 10.2 Å². The Hall–Kier alpha value is -2.94. The van der Waals surface area contributed by atoms with E-state index in [0.717, 1.165) is 5.56 Å². The predicted molar refractivity (Wildman–Crippen MR) is 119 cm³/mol. The molecule has 0 aliphatic carbocycles. The number of amides is 2. The number of hydrogen-bond acceptors (Lipinski definition) is 5. The molecule has 9 heteroatoms. The number of non-ortho nitro benzene ring substituents is 1. The molecule has 31 heavy (non-hydrogen) atoms. The smallest absolute Gasteiger partial charge is 0.269 e. The van der Waals surface area contributed by atoms with Crippen molar-refractivity contribution in [3.05, 3.63) is 75.6 Å². The Morgan fingerprint density at radius 3 is 2.35 bits per heavy atom. The van der Waals surface area contributed by atoms with Crippen molar-refractivity contribution in [1.29, 1.82) is 0 Å². The topological polar surface area (TPSA) is 92.6 Å². The van der Waals surface area contributed by atoms with Gasteiger partial charge >= 0.3 is 0 Å². The van der Waals surface area contributed by atoms with E-state index in [0.29, 0.717) is 11.3 Å². The zero-order valence-corrected chi connectivity index (χ0v) is 18.5. The highest BCUT2D eigenvalue weighted by atomic mass is 32.2. The van der Waals surface area contributed by atoms with Crippen LogP contribution < -0.4 is 5.32 Å². The third-order valence-corrected chi connectivity index (χ3v) is 5.53. The molecule has 1 atom stereocenters. The molecular formula is C22H26FN3O4S. The molecule has 0 fully saturated rings.